The van der Waals surface area contributed by atoms with E-state index in [1.54, 1.807) is 0 Å². The highest BCUT2D eigenvalue weighted by atomic mass is 19.4. The van der Waals surface area contributed by atoms with Crippen LogP contribution < -0.4 is 14.9 Å². The summed E-state index contributed by atoms with van der Waals surface area (Å²) < 4.78 is 88.6. The molecule has 0 radical (unpaired) electrons. The SMILES string of the molecule is CCOC(=O)C(=NNc1ccc(OC(F)(F)F)cc1)C(=O)c1c(F)cccc1OC(F)F. The van der Waals surface area contributed by atoms with Crippen molar-refractivity contribution in [2.75, 3.05) is 12.0 Å². The van der Waals surface area contributed by atoms with E-state index in [-0.39, 0.29) is 12.3 Å². The van der Waals surface area contributed by atoms with Gasteiger partial charge in [-0.15, -0.1) is 13.2 Å². The number of anilines is 1. The van der Waals surface area contributed by atoms with E-state index in [1.165, 1.54) is 6.92 Å². The number of alkyl halides is 5. The lowest BCUT2D eigenvalue weighted by Gasteiger charge is -2.12. The van der Waals surface area contributed by atoms with E-state index in [1.807, 2.05) is 0 Å². The number of carbonyl (C=O) groups excluding carboxylic acids is 2. The first-order valence-corrected chi connectivity index (χ1v) is 8.66. The average molecular weight is 464 g/mol. The fourth-order valence-electron chi connectivity index (χ4n) is 2.28. The topological polar surface area (TPSA) is 86.2 Å². The number of carbonyl (C=O) groups is 2. The highest BCUT2D eigenvalue weighted by Gasteiger charge is 2.31. The van der Waals surface area contributed by atoms with Crippen molar-refractivity contribution >= 4 is 23.2 Å². The van der Waals surface area contributed by atoms with Crippen LogP contribution in [0.4, 0.5) is 32.0 Å². The van der Waals surface area contributed by atoms with Crippen molar-refractivity contribution in [3.05, 3.63) is 53.8 Å². The summed E-state index contributed by atoms with van der Waals surface area (Å²) >= 11 is 0. The number of nitrogens with zero attached hydrogens (tertiary/aromatic N) is 1. The fraction of sp³-hybridized carbons (Fsp3) is 0.211. The maximum Gasteiger partial charge on any atom is 0.573 e. The van der Waals surface area contributed by atoms with Crippen molar-refractivity contribution in [3.8, 4) is 11.5 Å². The van der Waals surface area contributed by atoms with Gasteiger partial charge in [-0.25, -0.2) is 9.18 Å². The molecule has 0 fully saturated rings. The summed E-state index contributed by atoms with van der Waals surface area (Å²) in [4.78, 5) is 24.9. The maximum absolute atomic E-state index is 14.2. The third-order valence-electron chi connectivity index (χ3n) is 3.49. The van der Waals surface area contributed by atoms with Crippen LogP contribution in [0, 0.1) is 5.82 Å². The Morgan fingerprint density at radius 3 is 2.31 bits per heavy atom. The minimum atomic E-state index is -4.91. The van der Waals surface area contributed by atoms with Crippen LogP contribution in [0.15, 0.2) is 47.6 Å². The molecule has 0 bridgehead atoms. The molecule has 2 aromatic rings. The molecule has 0 aliphatic rings. The van der Waals surface area contributed by atoms with Gasteiger partial charge < -0.3 is 14.2 Å². The largest absolute Gasteiger partial charge is 0.573 e. The number of benzene rings is 2. The predicted molar refractivity (Wildman–Crippen MR) is 98.2 cm³/mol. The van der Waals surface area contributed by atoms with E-state index in [2.05, 4.69) is 24.7 Å². The fourth-order valence-corrected chi connectivity index (χ4v) is 2.28. The lowest BCUT2D eigenvalue weighted by atomic mass is 10.0. The first-order chi connectivity index (χ1) is 15.0. The highest BCUT2D eigenvalue weighted by Crippen LogP contribution is 2.26. The number of hydrazone groups is 1. The van der Waals surface area contributed by atoms with Crippen LogP contribution in [-0.2, 0) is 9.53 Å². The Bertz CT molecular complexity index is 993. The third kappa shape index (κ3) is 6.89. The molecule has 0 saturated heterocycles. The second-order valence-corrected chi connectivity index (χ2v) is 5.69. The minimum absolute atomic E-state index is 0.00621. The van der Waals surface area contributed by atoms with E-state index in [4.69, 9.17) is 0 Å². The van der Waals surface area contributed by atoms with E-state index in [0.29, 0.717) is 0 Å². The van der Waals surface area contributed by atoms with Crippen LogP contribution in [0.2, 0.25) is 0 Å². The standard InChI is InChI=1S/C19H14F6N2O5/c1-2-30-17(29)15(16(28)14-12(20)4-3-5-13(14)31-18(21)22)27-26-10-6-8-11(9-7-10)32-19(23,24)25/h3-9,18,26H,2H2,1H3. The van der Waals surface area contributed by atoms with Crippen molar-refractivity contribution in [1.29, 1.82) is 0 Å². The number of hydrogen-bond acceptors (Lipinski definition) is 7. The van der Waals surface area contributed by atoms with Gasteiger partial charge in [-0.2, -0.15) is 13.9 Å². The Balaban J connectivity index is 2.36. The molecule has 0 amide bonds. The monoisotopic (exact) mass is 464 g/mol. The van der Waals surface area contributed by atoms with Gasteiger partial charge in [-0.1, -0.05) is 6.07 Å². The van der Waals surface area contributed by atoms with Gasteiger partial charge >= 0.3 is 18.9 Å². The lowest BCUT2D eigenvalue weighted by Crippen LogP contribution is -2.29. The number of rotatable bonds is 9. The zero-order valence-corrected chi connectivity index (χ0v) is 16.1. The van der Waals surface area contributed by atoms with E-state index in [0.717, 1.165) is 42.5 Å². The number of hydrogen-bond donors (Lipinski definition) is 1. The second-order valence-electron chi connectivity index (χ2n) is 5.69. The molecule has 7 nitrogen and oxygen atoms in total. The van der Waals surface area contributed by atoms with Gasteiger partial charge in [0.1, 0.15) is 22.9 Å². The van der Waals surface area contributed by atoms with Crippen LogP contribution in [0.25, 0.3) is 0 Å². The Hall–Kier alpha value is -3.77. The lowest BCUT2D eigenvalue weighted by molar-refractivity contribution is -0.274. The summed E-state index contributed by atoms with van der Waals surface area (Å²) in [6.07, 6.45) is -4.91. The summed E-state index contributed by atoms with van der Waals surface area (Å²) in [7, 11) is 0. The molecule has 0 unspecified atom stereocenters. The number of ether oxygens (including phenoxy) is 3. The Kier molecular flexibility index (Phi) is 8.04. The van der Waals surface area contributed by atoms with Crippen molar-refractivity contribution in [2.45, 2.75) is 19.9 Å². The number of Topliss-reactive ketones (excluding diaryl/α,β-unsaturated/α-hetero) is 1. The molecule has 0 aliphatic heterocycles. The van der Waals surface area contributed by atoms with Gasteiger partial charge in [-0.05, 0) is 43.3 Å². The molecule has 0 spiro atoms. The molecule has 2 rings (SSSR count). The average Bonchev–Trinajstić information content (AvgIpc) is 2.68. The zero-order chi connectivity index (χ0) is 23.9. The summed E-state index contributed by atoms with van der Waals surface area (Å²) in [5, 5.41) is 3.52. The molecular formula is C19H14F6N2O5. The molecule has 0 heterocycles. The van der Waals surface area contributed by atoms with Crippen LogP contribution in [0.3, 0.4) is 0 Å². The van der Waals surface area contributed by atoms with Crippen LogP contribution in [-0.4, -0.2) is 37.0 Å². The van der Waals surface area contributed by atoms with Crippen LogP contribution in [0.1, 0.15) is 17.3 Å². The summed E-state index contributed by atoms with van der Waals surface area (Å²) in [5.41, 5.74) is 0.217. The molecule has 13 heteroatoms. The summed E-state index contributed by atoms with van der Waals surface area (Å²) in [6, 6.07) is 6.66. The van der Waals surface area contributed by atoms with E-state index in [9.17, 15) is 35.9 Å². The van der Waals surface area contributed by atoms with Gasteiger partial charge in [0.25, 0.3) is 0 Å². The van der Waals surface area contributed by atoms with Crippen molar-refractivity contribution in [3.63, 3.8) is 0 Å². The smallest absolute Gasteiger partial charge is 0.461 e. The van der Waals surface area contributed by atoms with Gasteiger partial charge in [0.05, 0.1) is 12.3 Å². The number of esters is 1. The number of nitrogens with one attached hydrogen (secondary N) is 1. The third-order valence-corrected chi connectivity index (χ3v) is 3.49. The zero-order valence-electron chi connectivity index (χ0n) is 16.1. The van der Waals surface area contributed by atoms with E-state index >= 15 is 0 Å². The van der Waals surface area contributed by atoms with Crippen molar-refractivity contribution in [2.24, 2.45) is 5.10 Å². The molecule has 0 saturated carbocycles. The number of halogens is 6. The molecule has 0 aliphatic carbocycles. The van der Waals surface area contributed by atoms with Gasteiger partial charge in [0.15, 0.2) is 0 Å². The maximum atomic E-state index is 14.2. The van der Waals surface area contributed by atoms with Crippen molar-refractivity contribution in [1.82, 2.24) is 0 Å². The highest BCUT2D eigenvalue weighted by molar-refractivity contribution is 6.68. The molecule has 2 aromatic carbocycles. The van der Waals surface area contributed by atoms with Crippen LogP contribution in [0.5, 0.6) is 11.5 Å². The summed E-state index contributed by atoms with van der Waals surface area (Å²) in [5.74, 6) is -5.39. The second kappa shape index (κ2) is 10.5. The molecule has 0 aromatic heterocycles. The molecule has 172 valence electrons. The van der Waals surface area contributed by atoms with Crippen molar-refractivity contribution < 1.29 is 50.1 Å². The first kappa shape index (κ1) is 24.5. The van der Waals surface area contributed by atoms with E-state index < -0.39 is 53.3 Å². The predicted octanol–water partition coefficient (Wildman–Crippen LogP) is 4.54. The Labute approximate surface area is 176 Å². The number of ketones is 1. The summed E-state index contributed by atoms with van der Waals surface area (Å²) in [6.45, 7) is -2.19. The molecule has 0 atom stereocenters. The molecule has 32 heavy (non-hydrogen) atoms. The molecule has 1 N–H and O–H groups in total. The van der Waals surface area contributed by atoms with Gasteiger partial charge in [0.2, 0.25) is 11.5 Å². The van der Waals surface area contributed by atoms with Gasteiger partial charge in [-0.3, -0.25) is 10.2 Å². The Morgan fingerprint density at radius 2 is 1.75 bits per heavy atom. The van der Waals surface area contributed by atoms with Crippen LogP contribution >= 0.6 is 0 Å². The quantitative estimate of drug-likeness (QED) is 0.147. The normalized spacial score (nSPS) is 11.8. The minimum Gasteiger partial charge on any atom is -0.461 e. The first-order valence-electron chi connectivity index (χ1n) is 8.66. The Morgan fingerprint density at radius 1 is 1.09 bits per heavy atom. The molecular weight excluding hydrogens is 450 g/mol. The van der Waals surface area contributed by atoms with Gasteiger partial charge in [0, 0.05) is 0 Å².